The third-order valence-electron chi connectivity index (χ3n) is 2.00. The van der Waals surface area contributed by atoms with E-state index in [0.29, 0.717) is 13.1 Å². The lowest BCUT2D eigenvalue weighted by Crippen LogP contribution is -2.18. The molecule has 2 N–H and O–H groups in total. The molecule has 0 fully saturated rings. The van der Waals surface area contributed by atoms with E-state index in [0.717, 1.165) is 12.0 Å². The average Bonchev–Trinajstić information content (AvgIpc) is 2.60. The first-order chi connectivity index (χ1) is 7.51. The first-order valence-electron chi connectivity index (χ1n) is 5.00. The molecule has 6 heteroatoms. The summed E-state index contributed by atoms with van der Waals surface area (Å²) in [6, 6.07) is 1.90. The molecule has 0 spiro atoms. The van der Waals surface area contributed by atoms with Crippen LogP contribution in [0.1, 0.15) is 5.56 Å². The minimum atomic E-state index is -4.25. The molecule has 0 amide bonds. The Labute approximate surface area is 92.0 Å². The summed E-state index contributed by atoms with van der Waals surface area (Å²) in [5.74, 6) is 0. The van der Waals surface area contributed by atoms with Gasteiger partial charge in [0, 0.05) is 18.9 Å². The molecular formula is C10H15F3N2O. The zero-order chi connectivity index (χ0) is 12.0. The highest BCUT2D eigenvalue weighted by atomic mass is 19.4. The van der Waals surface area contributed by atoms with Crippen molar-refractivity contribution < 1.29 is 17.9 Å². The van der Waals surface area contributed by atoms with Crippen LogP contribution in [0.3, 0.4) is 0 Å². The fourth-order valence-electron chi connectivity index (χ4n) is 1.30. The van der Waals surface area contributed by atoms with E-state index in [9.17, 15) is 13.2 Å². The Morgan fingerprint density at radius 2 is 2.12 bits per heavy atom. The van der Waals surface area contributed by atoms with Crippen LogP contribution in [0, 0.1) is 0 Å². The quantitative estimate of drug-likeness (QED) is 0.761. The van der Waals surface area contributed by atoms with Gasteiger partial charge in [0.05, 0.1) is 6.61 Å². The number of alkyl halides is 3. The second kappa shape index (κ2) is 5.91. The Balaban J connectivity index is 2.21. The summed E-state index contributed by atoms with van der Waals surface area (Å²) in [7, 11) is 0. The lowest BCUT2D eigenvalue weighted by Gasteiger charge is -2.07. The molecule has 0 bridgehead atoms. The summed E-state index contributed by atoms with van der Waals surface area (Å²) in [6.07, 6.45) is 0.198. The van der Waals surface area contributed by atoms with Gasteiger partial charge in [-0.3, -0.25) is 0 Å². The average molecular weight is 236 g/mol. The molecular weight excluding hydrogens is 221 g/mol. The lowest BCUT2D eigenvalue weighted by atomic mass is 10.2. The van der Waals surface area contributed by atoms with Gasteiger partial charge in [-0.2, -0.15) is 13.2 Å². The summed E-state index contributed by atoms with van der Waals surface area (Å²) in [5.41, 5.74) is 6.46. The van der Waals surface area contributed by atoms with Gasteiger partial charge >= 0.3 is 6.18 Å². The van der Waals surface area contributed by atoms with Crippen LogP contribution in [0.25, 0.3) is 0 Å². The van der Waals surface area contributed by atoms with Crippen molar-refractivity contribution in [3.05, 3.63) is 24.0 Å². The molecule has 0 unspecified atom stereocenters. The van der Waals surface area contributed by atoms with Gasteiger partial charge in [-0.05, 0) is 24.6 Å². The normalized spacial score (nSPS) is 12.0. The molecule has 0 atom stereocenters. The fraction of sp³-hybridized carbons (Fsp3) is 0.600. The SMILES string of the molecule is NCCc1ccn(CCOCC(F)(F)F)c1. The fourth-order valence-corrected chi connectivity index (χ4v) is 1.30. The van der Waals surface area contributed by atoms with Gasteiger partial charge in [0.25, 0.3) is 0 Å². The number of rotatable bonds is 6. The Morgan fingerprint density at radius 3 is 2.75 bits per heavy atom. The Kier molecular flexibility index (Phi) is 4.82. The third-order valence-corrected chi connectivity index (χ3v) is 2.00. The molecule has 0 aliphatic rings. The number of hydrogen-bond acceptors (Lipinski definition) is 2. The molecule has 1 heterocycles. The van der Waals surface area contributed by atoms with E-state index in [1.54, 1.807) is 4.57 Å². The first-order valence-corrected chi connectivity index (χ1v) is 5.00. The largest absolute Gasteiger partial charge is 0.411 e. The van der Waals surface area contributed by atoms with Crippen LogP contribution in [-0.2, 0) is 17.7 Å². The maximum Gasteiger partial charge on any atom is 0.411 e. The van der Waals surface area contributed by atoms with Crippen LogP contribution in [0.4, 0.5) is 13.2 Å². The Hall–Kier alpha value is -1.01. The van der Waals surface area contributed by atoms with Gasteiger partial charge in [-0.15, -0.1) is 0 Å². The predicted molar refractivity (Wildman–Crippen MR) is 54.1 cm³/mol. The molecule has 0 radical (unpaired) electrons. The highest BCUT2D eigenvalue weighted by molar-refractivity contribution is 5.10. The zero-order valence-electron chi connectivity index (χ0n) is 8.83. The summed E-state index contributed by atoms with van der Waals surface area (Å²) in [4.78, 5) is 0. The highest BCUT2D eigenvalue weighted by Gasteiger charge is 2.27. The van der Waals surface area contributed by atoms with Crippen LogP contribution >= 0.6 is 0 Å². The lowest BCUT2D eigenvalue weighted by molar-refractivity contribution is -0.174. The minimum absolute atomic E-state index is 0.0518. The highest BCUT2D eigenvalue weighted by Crippen LogP contribution is 2.14. The van der Waals surface area contributed by atoms with E-state index in [1.807, 2.05) is 18.5 Å². The minimum Gasteiger partial charge on any atom is -0.370 e. The van der Waals surface area contributed by atoms with Crippen molar-refractivity contribution in [2.45, 2.75) is 19.1 Å². The van der Waals surface area contributed by atoms with Crippen LogP contribution in [0.15, 0.2) is 18.5 Å². The number of nitrogens with zero attached hydrogens (tertiary/aromatic N) is 1. The van der Waals surface area contributed by atoms with Crippen molar-refractivity contribution in [1.82, 2.24) is 4.57 Å². The second-order valence-electron chi connectivity index (χ2n) is 3.46. The molecule has 0 aromatic carbocycles. The van der Waals surface area contributed by atoms with Crippen LogP contribution in [0.2, 0.25) is 0 Å². The van der Waals surface area contributed by atoms with Crippen LogP contribution in [-0.4, -0.2) is 30.5 Å². The topological polar surface area (TPSA) is 40.2 Å². The van der Waals surface area contributed by atoms with E-state index in [2.05, 4.69) is 4.74 Å². The molecule has 1 aromatic rings. The molecule has 1 rings (SSSR count). The van der Waals surface area contributed by atoms with Crippen molar-refractivity contribution in [1.29, 1.82) is 0 Å². The predicted octanol–water partition coefficient (Wildman–Crippen LogP) is 1.57. The van der Waals surface area contributed by atoms with Gasteiger partial charge in [-0.25, -0.2) is 0 Å². The number of hydrogen-bond donors (Lipinski definition) is 1. The van der Waals surface area contributed by atoms with E-state index < -0.39 is 12.8 Å². The van der Waals surface area contributed by atoms with Gasteiger partial charge < -0.3 is 15.0 Å². The zero-order valence-corrected chi connectivity index (χ0v) is 8.83. The second-order valence-corrected chi connectivity index (χ2v) is 3.46. The van der Waals surface area contributed by atoms with E-state index in [-0.39, 0.29) is 6.61 Å². The van der Waals surface area contributed by atoms with E-state index >= 15 is 0 Å². The maximum absolute atomic E-state index is 11.7. The molecule has 16 heavy (non-hydrogen) atoms. The van der Waals surface area contributed by atoms with E-state index in [1.165, 1.54) is 0 Å². The monoisotopic (exact) mass is 236 g/mol. The number of ether oxygens (including phenoxy) is 1. The maximum atomic E-state index is 11.7. The van der Waals surface area contributed by atoms with Crippen LogP contribution < -0.4 is 5.73 Å². The van der Waals surface area contributed by atoms with Crippen LogP contribution in [0.5, 0.6) is 0 Å². The Bertz CT molecular complexity index is 309. The first kappa shape index (κ1) is 13.1. The number of halogens is 3. The van der Waals surface area contributed by atoms with Crippen molar-refractivity contribution in [3.63, 3.8) is 0 Å². The Morgan fingerprint density at radius 1 is 1.38 bits per heavy atom. The summed E-state index contributed by atoms with van der Waals surface area (Å²) in [5, 5.41) is 0. The molecule has 0 saturated heterocycles. The molecule has 3 nitrogen and oxygen atoms in total. The third kappa shape index (κ3) is 5.18. The van der Waals surface area contributed by atoms with Crippen molar-refractivity contribution >= 4 is 0 Å². The summed E-state index contributed by atoms with van der Waals surface area (Å²) < 4.78 is 41.5. The summed E-state index contributed by atoms with van der Waals surface area (Å²) >= 11 is 0. The van der Waals surface area contributed by atoms with Gasteiger partial charge in [0.2, 0.25) is 0 Å². The van der Waals surface area contributed by atoms with Gasteiger partial charge in [-0.1, -0.05) is 0 Å². The smallest absolute Gasteiger partial charge is 0.370 e. The van der Waals surface area contributed by atoms with Crippen molar-refractivity contribution in [3.8, 4) is 0 Å². The van der Waals surface area contributed by atoms with Gasteiger partial charge in [0.15, 0.2) is 0 Å². The molecule has 1 aromatic heterocycles. The van der Waals surface area contributed by atoms with Crippen molar-refractivity contribution in [2.75, 3.05) is 19.8 Å². The van der Waals surface area contributed by atoms with Crippen molar-refractivity contribution in [2.24, 2.45) is 5.73 Å². The van der Waals surface area contributed by atoms with Gasteiger partial charge in [0.1, 0.15) is 6.61 Å². The molecule has 0 aliphatic carbocycles. The molecule has 92 valence electrons. The van der Waals surface area contributed by atoms with E-state index in [4.69, 9.17) is 5.73 Å². The summed E-state index contributed by atoms with van der Waals surface area (Å²) in [6.45, 7) is -0.157. The number of nitrogens with two attached hydrogens (primary N) is 1. The molecule has 0 saturated carbocycles. The molecule has 0 aliphatic heterocycles. The standard InChI is InChI=1S/C10H15F3N2O/c11-10(12,13)8-16-6-5-15-4-2-9(7-15)1-3-14/h2,4,7H,1,3,5-6,8,14H2. The number of aromatic nitrogens is 1.